The van der Waals surface area contributed by atoms with E-state index in [0.29, 0.717) is 12.2 Å². The van der Waals surface area contributed by atoms with Crippen molar-refractivity contribution in [1.82, 2.24) is 9.88 Å². The number of aromatic nitrogens is 1. The van der Waals surface area contributed by atoms with E-state index < -0.39 is 11.7 Å². The van der Waals surface area contributed by atoms with Gasteiger partial charge in [0.05, 0.1) is 40.2 Å². The maximum atomic E-state index is 13.2. The van der Waals surface area contributed by atoms with Crippen molar-refractivity contribution in [1.29, 1.82) is 0 Å². The van der Waals surface area contributed by atoms with Crippen molar-refractivity contribution in [3.63, 3.8) is 0 Å². The number of carbonyl (C=O) groups is 1. The number of hydrogen-bond acceptors (Lipinski definition) is 5. The minimum Gasteiger partial charge on any atom is -0.370 e. The molecule has 5 nitrogen and oxygen atoms in total. The summed E-state index contributed by atoms with van der Waals surface area (Å²) in [5, 5.41) is 3.59. The number of likely N-dealkylation sites (N-methyl/N-ethyl adjacent to an activating group) is 1. The first-order valence-electron chi connectivity index (χ1n) is 10.1. The second-order valence-corrected chi connectivity index (χ2v) is 8.83. The molecule has 1 saturated heterocycles. The van der Waals surface area contributed by atoms with Crippen molar-refractivity contribution in [3.8, 4) is 0 Å². The van der Waals surface area contributed by atoms with Crippen molar-refractivity contribution >= 4 is 38.8 Å². The third kappa shape index (κ3) is 5.16. The Balaban J connectivity index is 1.46. The molecule has 4 rings (SSSR count). The normalized spacial score (nSPS) is 14.5. The average molecular weight is 449 g/mol. The molecule has 1 aliphatic rings. The zero-order valence-electron chi connectivity index (χ0n) is 17.1. The second-order valence-electron chi connectivity index (χ2n) is 7.72. The van der Waals surface area contributed by atoms with Gasteiger partial charge in [-0.15, -0.1) is 11.3 Å². The van der Waals surface area contributed by atoms with Crippen LogP contribution in [0.3, 0.4) is 0 Å². The predicted molar refractivity (Wildman–Crippen MR) is 117 cm³/mol. The molecule has 2 heterocycles. The summed E-state index contributed by atoms with van der Waals surface area (Å²) in [6, 6.07) is 11.4. The minimum absolute atomic E-state index is 0.0472. The Hall–Kier alpha value is -2.65. The van der Waals surface area contributed by atoms with Crippen LogP contribution >= 0.6 is 11.3 Å². The Kier molecular flexibility index (Phi) is 6.15. The molecule has 164 valence electrons. The molecule has 0 unspecified atom stereocenters. The number of thiazole rings is 1. The maximum Gasteiger partial charge on any atom is 0.416 e. The average Bonchev–Trinajstić information content (AvgIpc) is 3.36. The van der Waals surface area contributed by atoms with Gasteiger partial charge in [-0.25, -0.2) is 4.98 Å². The van der Waals surface area contributed by atoms with E-state index in [-0.39, 0.29) is 18.1 Å². The van der Waals surface area contributed by atoms with Gasteiger partial charge >= 0.3 is 6.18 Å². The molecule has 0 spiro atoms. The van der Waals surface area contributed by atoms with Crippen LogP contribution in [-0.4, -0.2) is 42.5 Å². The summed E-state index contributed by atoms with van der Waals surface area (Å²) < 4.78 is 40.7. The number of alkyl halides is 3. The molecule has 3 aromatic rings. The first kappa shape index (κ1) is 21.6. The van der Waals surface area contributed by atoms with Crippen molar-refractivity contribution in [2.75, 3.05) is 36.9 Å². The molecule has 0 saturated carbocycles. The molecule has 0 atom stereocenters. The van der Waals surface area contributed by atoms with E-state index in [0.717, 1.165) is 53.3 Å². The largest absolute Gasteiger partial charge is 0.416 e. The standard InChI is InChI=1S/C22H23F3N4OS/c1-28(14-21-27-16-6-2-3-7-19(16)31-21)13-20(30)26-17-12-15(22(23,24)25)8-9-18(17)29-10-4-5-11-29/h2-3,6-9,12H,4-5,10-11,13-14H2,1H3,(H,26,30). The molecule has 1 fully saturated rings. The Morgan fingerprint density at radius 3 is 2.65 bits per heavy atom. The van der Waals surface area contributed by atoms with Crippen LogP contribution in [0.15, 0.2) is 42.5 Å². The Morgan fingerprint density at radius 1 is 1.19 bits per heavy atom. The van der Waals surface area contributed by atoms with Gasteiger partial charge in [0.1, 0.15) is 5.01 Å². The van der Waals surface area contributed by atoms with Crippen LogP contribution in [0.1, 0.15) is 23.4 Å². The van der Waals surface area contributed by atoms with E-state index in [9.17, 15) is 18.0 Å². The number of amides is 1. The number of carbonyl (C=O) groups excluding carboxylic acids is 1. The fraction of sp³-hybridized carbons (Fsp3) is 0.364. The number of nitrogens with one attached hydrogen (secondary N) is 1. The van der Waals surface area contributed by atoms with Crippen LogP contribution in [0.2, 0.25) is 0 Å². The summed E-state index contributed by atoms with van der Waals surface area (Å²) in [7, 11) is 1.79. The van der Waals surface area contributed by atoms with E-state index in [1.807, 2.05) is 29.2 Å². The first-order valence-corrected chi connectivity index (χ1v) is 10.9. The Labute approximate surface area is 182 Å². The lowest BCUT2D eigenvalue weighted by Crippen LogP contribution is -2.30. The SMILES string of the molecule is CN(CC(=O)Nc1cc(C(F)(F)F)ccc1N1CCCC1)Cc1nc2ccccc2s1. The van der Waals surface area contributed by atoms with E-state index >= 15 is 0 Å². The molecule has 1 amide bonds. The van der Waals surface area contributed by atoms with Gasteiger partial charge in [-0.05, 0) is 50.2 Å². The zero-order chi connectivity index (χ0) is 22.0. The van der Waals surface area contributed by atoms with Crippen LogP contribution in [-0.2, 0) is 17.5 Å². The highest BCUT2D eigenvalue weighted by atomic mass is 32.1. The van der Waals surface area contributed by atoms with Gasteiger partial charge in [0.25, 0.3) is 0 Å². The van der Waals surface area contributed by atoms with Crippen molar-refractivity contribution in [2.45, 2.75) is 25.6 Å². The molecule has 0 radical (unpaired) electrons. The smallest absolute Gasteiger partial charge is 0.370 e. The number of benzene rings is 2. The van der Waals surface area contributed by atoms with Gasteiger partial charge in [-0.3, -0.25) is 9.69 Å². The quantitative estimate of drug-likeness (QED) is 0.578. The molecule has 9 heteroatoms. The van der Waals surface area contributed by atoms with Crippen molar-refractivity contribution in [2.24, 2.45) is 0 Å². The van der Waals surface area contributed by atoms with E-state index in [1.54, 1.807) is 23.3 Å². The van der Waals surface area contributed by atoms with Crippen molar-refractivity contribution < 1.29 is 18.0 Å². The summed E-state index contributed by atoms with van der Waals surface area (Å²) >= 11 is 1.56. The fourth-order valence-corrected chi connectivity index (χ4v) is 4.80. The van der Waals surface area contributed by atoms with Gasteiger partial charge in [-0.2, -0.15) is 13.2 Å². The second kappa shape index (κ2) is 8.84. The third-order valence-corrected chi connectivity index (χ3v) is 6.22. The molecule has 0 bridgehead atoms. The van der Waals surface area contributed by atoms with Gasteiger partial charge in [0.15, 0.2) is 0 Å². The molecular weight excluding hydrogens is 425 g/mol. The predicted octanol–water partition coefficient (Wildman–Crippen LogP) is 4.99. The van der Waals surface area contributed by atoms with Gasteiger partial charge in [0, 0.05) is 13.1 Å². The van der Waals surface area contributed by atoms with E-state index in [4.69, 9.17) is 0 Å². The summed E-state index contributed by atoms with van der Waals surface area (Å²) in [6.07, 6.45) is -2.49. The number of anilines is 2. The monoisotopic (exact) mass is 448 g/mol. The van der Waals surface area contributed by atoms with Crippen molar-refractivity contribution in [3.05, 3.63) is 53.0 Å². The zero-order valence-corrected chi connectivity index (χ0v) is 17.9. The third-order valence-electron chi connectivity index (χ3n) is 5.20. The Bertz CT molecular complexity index is 1040. The van der Waals surface area contributed by atoms with Gasteiger partial charge < -0.3 is 10.2 Å². The number of fused-ring (bicyclic) bond motifs is 1. The summed E-state index contributed by atoms with van der Waals surface area (Å²) in [6.45, 7) is 2.07. The number of hydrogen-bond donors (Lipinski definition) is 1. The van der Waals surface area contributed by atoms with Crippen LogP contribution < -0.4 is 10.2 Å². The van der Waals surface area contributed by atoms with Crippen LogP contribution in [0.5, 0.6) is 0 Å². The number of nitrogens with zero attached hydrogens (tertiary/aromatic N) is 3. The lowest BCUT2D eigenvalue weighted by atomic mass is 10.1. The molecule has 31 heavy (non-hydrogen) atoms. The summed E-state index contributed by atoms with van der Waals surface area (Å²) in [5.74, 6) is -0.358. The number of halogens is 3. The Morgan fingerprint density at radius 2 is 1.94 bits per heavy atom. The molecule has 1 N–H and O–H groups in total. The molecule has 1 aromatic heterocycles. The number of rotatable bonds is 6. The maximum absolute atomic E-state index is 13.2. The minimum atomic E-state index is -4.47. The highest BCUT2D eigenvalue weighted by Crippen LogP contribution is 2.36. The molecule has 0 aliphatic carbocycles. The van der Waals surface area contributed by atoms with E-state index in [2.05, 4.69) is 10.3 Å². The highest BCUT2D eigenvalue weighted by Gasteiger charge is 2.32. The van der Waals surface area contributed by atoms with Gasteiger partial charge in [-0.1, -0.05) is 12.1 Å². The van der Waals surface area contributed by atoms with Gasteiger partial charge in [0.2, 0.25) is 5.91 Å². The van der Waals surface area contributed by atoms with Crippen LogP contribution in [0.4, 0.5) is 24.5 Å². The number of para-hydroxylation sites is 1. The lowest BCUT2D eigenvalue weighted by Gasteiger charge is -2.23. The summed E-state index contributed by atoms with van der Waals surface area (Å²) in [4.78, 5) is 21.0. The molecule has 2 aromatic carbocycles. The topological polar surface area (TPSA) is 48.5 Å². The van der Waals surface area contributed by atoms with E-state index in [1.165, 1.54) is 6.07 Å². The summed E-state index contributed by atoms with van der Waals surface area (Å²) in [5.41, 5.74) is 0.982. The molecular formula is C22H23F3N4OS. The van der Waals surface area contributed by atoms with Crippen LogP contribution in [0.25, 0.3) is 10.2 Å². The lowest BCUT2D eigenvalue weighted by molar-refractivity contribution is -0.137. The first-order chi connectivity index (χ1) is 14.8. The fourth-order valence-electron chi connectivity index (χ4n) is 3.76. The molecule has 1 aliphatic heterocycles. The highest BCUT2D eigenvalue weighted by molar-refractivity contribution is 7.18. The van der Waals surface area contributed by atoms with Crippen LogP contribution in [0, 0.1) is 0 Å².